The van der Waals surface area contributed by atoms with Crippen molar-refractivity contribution < 1.29 is 30.3 Å². The quantitative estimate of drug-likeness (QED) is 0.0306. The van der Waals surface area contributed by atoms with Crippen molar-refractivity contribution in [2.45, 2.75) is 434 Å². The van der Waals surface area contributed by atoms with E-state index in [0.717, 1.165) is 77.0 Å². The van der Waals surface area contributed by atoms with Crippen LogP contribution in [0.4, 0.5) is 0 Å². The monoisotopic (exact) mass is 1150 g/mol. The lowest BCUT2D eigenvalue weighted by molar-refractivity contribution is -0.284. The van der Waals surface area contributed by atoms with Crippen molar-refractivity contribution in [3.63, 3.8) is 0 Å². The van der Waals surface area contributed by atoms with E-state index in [-0.39, 0.29) is 25.7 Å². The zero-order valence-corrected chi connectivity index (χ0v) is 54.2. The molecule has 0 radical (unpaired) electrons. The van der Waals surface area contributed by atoms with Crippen LogP contribution in [0.15, 0.2) is 0 Å². The van der Waals surface area contributed by atoms with Crippen molar-refractivity contribution in [3.05, 3.63) is 0 Å². The lowest BCUT2D eigenvalue weighted by atomic mass is 9.60. The van der Waals surface area contributed by atoms with Gasteiger partial charge in [0.2, 0.25) is 0 Å². The van der Waals surface area contributed by atoms with E-state index in [0.29, 0.717) is 25.7 Å². The van der Waals surface area contributed by atoms with E-state index >= 15 is 0 Å². The number of aliphatic hydroxyl groups is 5. The van der Waals surface area contributed by atoms with Crippen LogP contribution in [0.25, 0.3) is 0 Å². The van der Waals surface area contributed by atoms with Crippen molar-refractivity contribution >= 4 is 21.7 Å². The molecule has 0 aromatic rings. The zero-order chi connectivity index (χ0) is 56.7. The Kier molecular flexibility index (Phi) is 55.1. The minimum absolute atomic E-state index is 0.0202. The van der Waals surface area contributed by atoms with Gasteiger partial charge in [-0.1, -0.05) is 381 Å². The van der Waals surface area contributed by atoms with Gasteiger partial charge in [0.25, 0.3) is 0 Å². The van der Waals surface area contributed by atoms with Gasteiger partial charge in [-0.25, -0.2) is 0 Å². The molecule has 77 heavy (non-hydrogen) atoms. The fourth-order valence-corrected chi connectivity index (χ4v) is 13.1. The fraction of sp³-hybridized carbons (Fsp3) is 0.986. The van der Waals surface area contributed by atoms with E-state index in [9.17, 15) is 30.3 Å². The Morgan fingerprint density at radius 3 is 0.675 bits per heavy atom. The summed E-state index contributed by atoms with van der Waals surface area (Å²) in [5.74, 6) is -0.417. The summed E-state index contributed by atoms with van der Waals surface area (Å²) >= 11 is 3.35. The highest BCUT2D eigenvalue weighted by molar-refractivity contribution is 9.10. The van der Waals surface area contributed by atoms with Crippen LogP contribution in [0.3, 0.4) is 0 Å². The summed E-state index contributed by atoms with van der Waals surface area (Å²) in [4.78, 5) is 14.9. The number of ketones is 1. The molecule has 0 heterocycles. The topological polar surface area (TPSA) is 118 Å². The third-order valence-electron chi connectivity index (χ3n) is 18.1. The molecule has 462 valence electrons. The van der Waals surface area contributed by atoms with Crippen molar-refractivity contribution in [2.75, 3.05) is 6.61 Å². The van der Waals surface area contributed by atoms with Gasteiger partial charge in [0, 0.05) is 6.42 Å². The molecule has 0 aliphatic rings. The van der Waals surface area contributed by atoms with Crippen molar-refractivity contribution in [1.29, 1.82) is 0 Å². The number of halogens is 1. The van der Waals surface area contributed by atoms with Crippen LogP contribution >= 0.6 is 15.9 Å². The average molecular weight is 1160 g/mol. The molecule has 0 fully saturated rings. The Labute approximate surface area is 490 Å². The molecular formula is C70H139BrO6. The molecule has 6 nitrogen and oxygen atoms in total. The normalized spacial score (nSPS) is 15.1. The first-order valence-electron chi connectivity index (χ1n) is 35.2. The molecule has 0 amide bonds. The molecular weight excluding hydrogens is 1020 g/mol. The number of unbranched alkanes of at least 4 members (excludes halogenated alkanes) is 52. The van der Waals surface area contributed by atoms with Gasteiger partial charge in [-0.2, -0.15) is 0 Å². The Hall–Kier alpha value is -0.0500. The van der Waals surface area contributed by atoms with Crippen LogP contribution in [0.2, 0.25) is 0 Å². The third-order valence-corrected chi connectivity index (χ3v) is 19.0. The van der Waals surface area contributed by atoms with E-state index in [2.05, 4.69) is 43.6 Å². The second-order valence-electron chi connectivity index (χ2n) is 25.3. The first kappa shape index (κ1) is 77.0. The van der Waals surface area contributed by atoms with Gasteiger partial charge in [0.05, 0.1) is 6.61 Å². The van der Waals surface area contributed by atoms with Crippen LogP contribution in [0.1, 0.15) is 413 Å². The molecule has 0 saturated heterocycles. The first-order valence-corrected chi connectivity index (χ1v) is 36.0. The van der Waals surface area contributed by atoms with Gasteiger partial charge in [0.15, 0.2) is 15.9 Å². The SMILES string of the molecule is CCCCCCCCCCCCCCCCC(=O)[C@@](O)(CCCCCCCCCCCCCCCC)[C@](O)(CCCCCCCCCCCCCCCC)[C@@](O)(CCCCCCCCCCCCCCCC)[C@@](O)(Br)CO. The van der Waals surface area contributed by atoms with Gasteiger partial charge >= 0.3 is 0 Å². The molecule has 0 rings (SSSR count). The molecule has 0 bridgehead atoms. The maximum atomic E-state index is 14.9. The number of carbonyl (C=O) groups is 1. The molecule has 0 aliphatic carbocycles. The van der Waals surface area contributed by atoms with Gasteiger partial charge in [-0.15, -0.1) is 0 Å². The Morgan fingerprint density at radius 2 is 0.455 bits per heavy atom. The van der Waals surface area contributed by atoms with E-state index in [1.807, 2.05) is 0 Å². The Bertz CT molecular complexity index is 1210. The van der Waals surface area contributed by atoms with E-state index in [1.165, 1.54) is 257 Å². The summed E-state index contributed by atoms with van der Waals surface area (Å²) in [6.07, 6.45) is 66.4. The summed E-state index contributed by atoms with van der Waals surface area (Å²) in [6.45, 7) is 8.23. The molecule has 0 aliphatic heterocycles. The second kappa shape index (κ2) is 55.2. The van der Waals surface area contributed by atoms with E-state index < -0.39 is 33.7 Å². The average Bonchev–Trinajstić information content (AvgIpc) is 3.43. The second-order valence-corrected chi connectivity index (χ2v) is 26.6. The number of alkyl halides is 1. The highest BCUT2D eigenvalue weighted by Crippen LogP contribution is 2.51. The van der Waals surface area contributed by atoms with Crippen LogP contribution in [-0.4, -0.2) is 59.2 Å². The summed E-state index contributed by atoms with van der Waals surface area (Å²) in [5.41, 5.74) is -7.03. The van der Waals surface area contributed by atoms with Crippen LogP contribution in [0, 0.1) is 0 Å². The van der Waals surface area contributed by atoms with Crippen molar-refractivity contribution in [3.8, 4) is 0 Å². The highest BCUT2D eigenvalue weighted by Gasteiger charge is 2.69. The minimum Gasteiger partial charge on any atom is -0.392 e. The van der Waals surface area contributed by atoms with E-state index in [4.69, 9.17) is 0 Å². The fourth-order valence-electron chi connectivity index (χ4n) is 12.6. The minimum atomic E-state index is -2.38. The predicted octanol–water partition coefficient (Wildman–Crippen LogP) is 22.3. The standard InChI is InChI=1S/C70H139BrO6/c1-5-9-13-17-21-25-29-33-37-41-45-49-53-57-61-66(73)67(74,62-58-54-50-46-42-38-34-30-26-22-18-14-10-6-2)68(75,63-59-55-51-47-43-39-35-31-27-23-19-15-11-7-3)69(76,70(71,77)65-72)64-60-56-52-48-44-40-36-32-28-24-20-16-12-8-4/h72,74-77H,5-65H2,1-4H3/t67-,68+,69-,70+/m0/s1. The molecule has 0 aromatic carbocycles. The Balaban J connectivity index is 6.05. The lowest BCUT2D eigenvalue weighted by Gasteiger charge is -2.56. The molecule has 0 saturated carbocycles. The summed E-state index contributed by atoms with van der Waals surface area (Å²) in [7, 11) is 0. The van der Waals surface area contributed by atoms with Gasteiger partial charge < -0.3 is 25.5 Å². The van der Waals surface area contributed by atoms with Crippen LogP contribution in [0.5, 0.6) is 0 Å². The largest absolute Gasteiger partial charge is 0.392 e. The van der Waals surface area contributed by atoms with Gasteiger partial charge in [-0.05, 0) is 41.6 Å². The Morgan fingerprint density at radius 1 is 0.273 bits per heavy atom. The molecule has 7 heteroatoms. The van der Waals surface area contributed by atoms with E-state index in [1.54, 1.807) is 0 Å². The zero-order valence-electron chi connectivity index (χ0n) is 52.7. The maximum Gasteiger partial charge on any atom is 0.174 e. The number of aliphatic hydroxyl groups excluding tert-OH is 1. The molecule has 4 atom stereocenters. The number of hydrogen-bond acceptors (Lipinski definition) is 6. The predicted molar refractivity (Wildman–Crippen MR) is 341 cm³/mol. The summed E-state index contributed by atoms with van der Waals surface area (Å²) in [5, 5.41) is 62.7. The molecule has 0 aromatic heterocycles. The highest BCUT2D eigenvalue weighted by atomic mass is 79.9. The lowest BCUT2D eigenvalue weighted by Crippen LogP contribution is -2.76. The summed E-state index contributed by atoms with van der Waals surface area (Å²) < 4.78 is -2.32. The van der Waals surface area contributed by atoms with Crippen molar-refractivity contribution in [2.24, 2.45) is 0 Å². The van der Waals surface area contributed by atoms with Crippen molar-refractivity contribution in [1.82, 2.24) is 0 Å². The molecule has 5 N–H and O–H groups in total. The van der Waals surface area contributed by atoms with Gasteiger partial charge in [0.1, 0.15) is 11.2 Å². The number of rotatable bonds is 65. The number of carbonyl (C=O) groups excluding carboxylic acids is 1. The smallest absolute Gasteiger partial charge is 0.174 e. The molecule has 0 unspecified atom stereocenters. The van der Waals surface area contributed by atoms with Gasteiger partial charge in [-0.3, -0.25) is 4.79 Å². The summed E-state index contributed by atoms with van der Waals surface area (Å²) in [6, 6.07) is 0. The van der Waals surface area contributed by atoms with Crippen LogP contribution in [-0.2, 0) is 4.79 Å². The number of Topliss-reactive ketones (excluding diaryl/α,β-unsaturated/α-hetero) is 1. The third kappa shape index (κ3) is 39.2. The van der Waals surface area contributed by atoms with Crippen LogP contribution < -0.4 is 0 Å². The molecule has 0 spiro atoms. The maximum absolute atomic E-state index is 14.9. The first-order chi connectivity index (χ1) is 37.5. The number of hydrogen-bond donors (Lipinski definition) is 5.